The van der Waals surface area contributed by atoms with Crippen LogP contribution in [0.1, 0.15) is 18.5 Å². The molecule has 0 radical (unpaired) electrons. The SMILES string of the molecule is COc1cccc(NC(=O)C(c2ccccc2)N2CCN(C(C)=O)CC2)c1. The number of benzene rings is 2. The molecular weight excluding hydrogens is 342 g/mol. The first-order valence-electron chi connectivity index (χ1n) is 9.08. The van der Waals surface area contributed by atoms with Crippen LogP contribution in [0.3, 0.4) is 0 Å². The van der Waals surface area contributed by atoms with Crippen molar-refractivity contribution in [2.24, 2.45) is 0 Å². The Kier molecular flexibility index (Phi) is 6.08. The minimum absolute atomic E-state index is 0.0757. The highest BCUT2D eigenvalue weighted by atomic mass is 16.5. The standard InChI is InChI=1S/C21H25N3O3/c1-16(25)23-11-13-24(14-12-23)20(17-7-4-3-5-8-17)21(26)22-18-9-6-10-19(15-18)27-2/h3-10,15,20H,11-14H2,1-2H3,(H,22,26). The summed E-state index contributed by atoms with van der Waals surface area (Å²) in [5.74, 6) is 0.677. The molecular formula is C21H25N3O3. The van der Waals surface area contributed by atoms with E-state index in [-0.39, 0.29) is 11.8 Å². The van der Waals surface area contributed by atoms with E-state index in [0.717, 1.165) is 5.56 Å². The van der Waals surface area contributed by atoms with Gasteiger partial charge in [0.1, 0.15) is 11.8 Å². The van der Waals surface area contributed by atoms with Crippen molar-refractivity contribution in [2.45, 2.75) is 13.0 Å². The normalized spacial score (nSPS) is 15.9. The van der Waals surface area contributed by atoms with Gasteiger partial charge in [-0.05, 0) is 17.7 Å². The molecule has 0 aromatic heterocycles. The van der Waals surface area contributed by atoms with E-state index in [0.29, 0.717) is 37.6 Å². The van der Waals surface area contributed by atoms with Gasteiger partial charge in [0.15, 0.2) is 0 Å². The van der Waals surface area contributed by atoms with Gasteiger partial charge in [0.2, 0.25) is 11.8 Å². The van der Waals surface area contributed by atoms with Gasteiger partial charge in [0.25, 0.3) is 0 Å². The molecule has 1 aliphatic heterocycles. The third-order valence-electron chi connectivity index (χ3n) is 4.83. The minimum atomic E-state index is -0.411. The molecule has 2 amide bonds. The highest BCUT2D eigenvalue weighted by Crippen LogP contribution is 2.25. The summed E-state index contributed by atoms with van der Waals surface area (Å²) in [7, 11) is 1.60. The predicted octanol–water partition coefficient (Wildman–Crippen LogP) is 2.54. The first-order chi connectivity index (χ1) is 13.1. The van der Waals surface area contributed by atoms with Crippen molar-refractivity contribution in [3.05, 3.63) is 60.2 Å². The maximum Gasteiger partial charge on any atom is 0.246 e. The molecule has 1 aliphatic rings. The first-order valence-corrected chi connectivity index (χ1v) is 9.08. The summed E-state index contributed by atoms with van der Waals surface area (Å²) in [6.07, 6.45) is 0. The average molecular weight is 367 g/mol. The molecule has 0 saturated carbocycles. The lowest BCUT2D eigenvalue weighted by Gasteiger charge is -2.38. The van der Waals surface area contributed by atoms with Gasteiger partial charge in [-0.3, -0.25) is 14.5 Å². The zero-order valence-corrected chi connectivity index (χ0v) is 15.7. The van der Waals surface area contributed by atoms with Crippen molar-refractivity contribution in [3.8, 4) is 5.75 Å². The molecule has 142 valence electrons. The fourth-order valence-corrected chi connectivity index (χ4v) is 3.37. The van der Waals surface area contributed by atoms with Crippen molar-refractivity contribution >= 4 is 17.5 Å². The summed E-state index contributed by atoms with van der Waals surface area (Å²) in [5, 5.41) is 3.01. The second-order valence-corrected chi connectivity index (χ2v) is 6.58. The molecule has 0 spiro atoms. The Labute approximate surface area is 159 Å². The number of ether oxygens (including phenoxy) is 1. The van der Waals surface area contributed by atoms with E-state index in [1.54, 1.807) is 20.1 Å². The third kappa shape index (κ3) is 4.65. The fraction of sp³-hybridized carbons (Fsp3) is 0.333. The Hall–Kier alpha value is -2.86. The van der Waals surface area contributed by atoms with Crippen LogP contribution in [0.2, 0.25) is 0 Å². The number of rotatable bonds is 5. The second-order valence-electron chi connectivity index (χ2n) is 6.58. The van der Waals surface area contributed by atoms with Crippen molar-refractivity contribution < 1.29 is 14.3 Å². The zero-order chi connectivity index (χ0) is 19.2. The zero-order valence-electron chi connectivity index (χ0n) is 15.7. The molecule has 1 saturated heterocycles. The molecule has 1 fully saturated rings. The smallest absolute Gasteiger partial charge is 0.246 e. The van der Waals surface area contributed by atoms with Gasteiger partial charge in [-0.1, -0.05) is 36.4 Å². The Morgan fingerprint density at radius 2 is 1.70 bits per heavy atom. The van der Waals surface area contributed by atoms with Crippen LogP contribution in [0.5, 0.6) is 5.75 Å². The monoisotopic (exact) mass is 367 g/mol. The van der Waals surface area contributed by atoms with E-state index in [1.807, 2.05) is 53.4 Å². The quantitative estimate of drug-likeness (QED) is 0.882. The molecule has 2 aromatic carbocycles. The van der Waals surface area contributed by atoms with Gasteiger partial charge in [-0.15, -0.1) is 0 Å². The lowest BCUT2D eigenvalue weighted by molar-refractivity contribution is -0.131. The van der Waals surface area contributed by atoms with Crippen LogP contribution in [0, 0.1) is 0 Å². The second kappa shape index (κ2) is 8.68. The number of nitrogens with zero attached hydrogens (tertiary/aromatic N) is 2. The average Bonchev–Trinajstić information content (AvgIpc) is 2.69. The van der Waals surface area contributed by atoms with Crippen LogP contribution in [-0.2, 0) is 9.59 Å². The summed E-state index contributed by atoms with van der Waals surface area (Å²) in [5.41, 5.74) is 1.64. The van der Waals surface area contributed by atoms with E-state index >= 15 is 0 Å². The van der Waals surface area contributed by atoms with Crippen molar-refractivity contribution in [1.29, 1.82) is 0 Å². The van der Waals surface area contributed by atoms with Gasteiger partial charge >= 0.3 is 0 Å². The molecule has 2 aromatic rings. The van der Waals surface area contributed by atoms with Gasteiger partial charge in [0.05, 0.1) is 7.11 Å². The number of hydrogen-bond acceptors (Lipinski definition) is 4. The van der Waals surface area contributed by atoms with Crippen LogP contribution in [0.25, 0.3) is 0 Å². The first kappa shape index (κ1) is 18.9. The highest BCUT2D eigenvalue weighted by molar-refractivity contribution is 5.95. The number of anilines is 1. The molecule has 6 nitrogen and oxygen atoms in total. The summed E-state index contributed by atoms with van der Waals surface area (Å²) >= 11 is 0. The molecule has 1 unspecified atom stereocenters. The molecule has 3 rings (SSSR count). The van der Waals surface area contributed by atoms with E-state index < -0.39 is 6.04 Å². The lowest BCUT2D eigenvalue weighted by Crippen LogP contribution is -2.51. The lowest BCUT2D eigenvalue weighted by atomic mass is 10.0. The number of carbonyl (C=O) groups excluding carboxylic acids is 2. The Morgan fingerprint density at radius 3 is 2.33 bits per heavy atom. The summed E-state index contributed by atoms with van der Waals surface area (Å²) < 4.78 is 5.23. The van der Waals surface area contributed by atoms with Crippen LogP contribution in [0.15, 0.2) is 54.6 Å². The molecule has 6 heteroatoms. The molecule has 1 atom stereocenters. The molecule has 1 heterocycles. The topological polar surface area (TPSA) is 61.9 Å². The number of nitrogens with one attached hydrogen (secondary N) is 1. The maximum absolute atomic E-state index is 13.2. The highest BCUT2D eigenvalue weighted by Gasteiger charge is 2.31. The molecule has 27 heavy (non-hydrogen) atoms. The van der Waals surface area contributed by atoms with Crippen LogP contribution in [-0.4, -0.2) is 54.9 Å². The van der Waals surface area contributed by atoms with Crippen molar-refractivity contribution in [1.82, 2.24) is 9.80 Å². The minimum Gasteiger partial charge on any atom is -0.497 e. The van der Waals surface area contributed by atoms with E-state index in [2.05, 4.69) is 10.2 Å². The van der Waals surface area contributed by atoms with E-state index in [4.69, 9.17) is 4.74 Å². The number of carbonyl (C=O) groups is 2. The van der Waals surface area contributed by atoms with Crippen molar-refractivity contribution in [2.75, 3.05) is 38.6 Å². The predicted molar refractivity (Wildman–Crippen MR) is 105 cm³/mol. The summed E-state index contributed by atoms with van der Waals surface area (Å²) in [6, 6.07) is 16.7. The van der Waals surface area contributed by atoms with E-state index in [9.17, 15) is 9.59 Å². The molecule has 1 N–H and O–H groups in total. The summed E-state index contributed by atoms with van der Waals surface area (Å²) in [6.45, 7) is 4.16. The Bertz CT molecular complexity index is 786. The largest absolute Gasteiger partial charge is 0.497 e. The number of piperazine rings is 1. The summed E-state index contributed by atoms with van der Waals surface area (Å²) in [4.78, 5) is 28.7. The van der Waals surface area contributed by atoms with Crippen LogP contribution in [0.4, 0.5) is 5.69 Å². The van der Waals surface area contributed by atoms with Gasteiger partial charge in [-0.25, -0.2) is 0 Å². The van der Waals surface area contributed by atoms with Gasteiger partial charge in [-0.2, -0.15) is 0 Å². The van der Waals surface area contributed by atoms with Crippen LogP contribution >= 0.6 is 0 Å². The fourth-order valence-electron chi connectivity index (χ4n) is 3.37. The van der Waals surface area contributed by atoms with Crippen molar-refractivity contribution in [3.63, 3.8) is 0 Å². The van der Waals surface area contributed by atoms with Gasteiger partial charge < -0.3 is 15.0 Å². The van der Waals surface area contributed by atoms with E-state index in [1.165, 1.54) is 0 Å². The van der Waals surface area contributed by atoms with Gasteiger partial charge in [0, 0.05) is 44.9 Å². The number of methoxy groups -OCH3 is 1. The van der Waals surface area contributed by atoms with Crippen LogP contribution < -0.4 is 10.1 Å². The molecule has 0 aliphatic carbocycles. The maximum atomic E-state index is 13.2. The molecule has 0 bridgehead atoms. The Morgan fingerprint density at radius 1 is 1.00 bits per heavy atom. The number of hydrogen-bond donors (Lipinski definition) is 1. The Balaban J connectivity index is 1.80. The third-order valence-corrected chi connectivity index (χ3v) is 4.83. The number of amides is 2.